The second kappa shape index (κ2) is 13.6. The molecule has 0 aliphatic rings. The van der Waals surface area contributed by atoms with Crippen molar-refractivity contribution in [1.82, 2.24) is 0 Å². The Labute approximate surface area is 169 Å². The number of rotatable bonds is 14. The van der Waals surface area contributed by atoms with Crippen LogP contribution in [0.25, 0.3) is 0 Å². The van der Waals surface area contributed by atoms with E-state index in [0.717, 1.165) is 28.8 Å². The molecule has 2 aromatic carbocycles. The topological polar surface area (TPSA) is 57.2 Å². The quantitative estimate of drug-likeness (QED) is 0.453. The van der Waals surface area contributed by atoms with Gasteiger partial charge in [0.1, 0.15) is 24.7 Å². The van der Waals surface area contributed by atoms with Crippen molar-refractivity contribution in [3.05, 3.63) is 58.6 Å². The van der Waals surface area contributed by atoms with E-state index < -0.39 is 0 Å². The summed E-state index contributed by atoms with van der Waals surface area (Å²) in [6.45, 7) is 3.34. The lowest BCUT2D eigenvalue weighted by Gasteiger charge is -2.09. The van der Waals surface area contributed by atoms with Gasteiger partial charge in [0.15, 0.2) is 0 Å². The maximum absolute atomic E-state index is 8.83. The highest BCUT2D eigenvalue weighted by molar-refractivity contribution is 9.10. The highest BCUT2D eigenvalue weighted by Gasteiger charge is 1.97. The molecule has 0 atom stereocenters. The van der Waals surface area contributed by atoms with E-state index in [1.807, 2.05) is 48.5 Å². The number of benzene rings is 2. The molecule has 6 heteroatoms. The van der Waals surface area contributed by atoms with Crippen molar-refractivity contribution in [3.8, 4) is 11.5 Å². The lowest BCUT2D eigenvalue weighted by molar-refractivity contribution is 0.0273. The first-order valence-corrected chi connectivity index (χ1v) is 9.93. The summed E-state index contributed by atoms with van der Waals surface area (Å²) in [6, 6.07) is 15.6. The first kappa shape index (κ1) is 21.7. The number of aryl methyl sites for hydroxylation is 1. The van der Waals surface area contributed by atoms with E-state index in [2.05, 4.69) is 15.9 Å². The fourth-order valence-electron chi connectivity index (χ4n) is 2.33. The Morgan fingerprint density at radius 3 is 1.67 bits per heavy atom. The van der Waals surface area contributed by atoms with Crippen molar-refractivity contribution in [2.24, 2.45) is 0 Å². The van der Waals surface area contributed by atoms with E-state index >= 15 is 0 Å². The second-order valence-electron chi connectivity index (χ2n) is 5.85. The average Bonchev–Trinajstić information content (AvgIpc) is 2.70. The molecular formula is C21H27BrO5. The third-order valence-electron chi connectivity index (χ3n) is 3.73. The van der Waals surface area contributed by atoms with E-state index in [1.54, 1.807) is 0 Å². The van der Waals surface area contributed by atoms with Gasteiger partial charge in [-0.15, -0.1) is 0 Å². The fourth-order valence-corrected chi connectivity index (χ4v) is 2.59. The van der Waals surface area contributed by atoms with Crippen molar-refractivity contribution in [2.45, 2.75) is 12.8 Å². The summed E-state index contributed by atoms with van der Waals surface area (Å²) in [6.07, 6.45) is 1.67. The standard InChI is InChI=1S/C21H27BrO5/c22-19-5-9-21(10-6-19)27-17-15-25-13-12-24-14-16-26-20-7-3-18(4-8-20)2-1-11-23/h3-10,23H,1-2,11-17H2. The van der Waals surface area contributed by atoms with Crippen LogP contribution in [0.1, 0.15) is 12.0 Å². The van der Waals surface area contributed by atoms with Crippen LogP contribution in [0, 0.1) is 0 Å². The first-order valence-electron chi connectivity index (χ1n) is 9.14. The van der Waals surface area contributed by atoms with Crippen LogP contribution in [0.2, 0.25) is 0 Å². The van der Waals surface area contributed by atoms with Crippen molar-refractivity contribution in [1.29, 1.82) is 0 Å². The van der Waals surface area contributed by atoms with Crippen LogP contribution in [0.3, 0.4) is 0 Å². The minimum atomic E-state index is 0.220. The Balaban J connectivity index is 1.41. The molecule has 0 saturated heterocycles. The van der Waals surface area contributed by atoms with Crippen LogP contribution in [-0.4, -0.2) is 51.4 Å². The monoisotopic (exact) mass is 438 g/mol. The van der Waals surface area contributed by atoms with Gasteiger partial charge in [-0.2, -0.15) is 0 Å². The van der Waals surface area contributed by atoms with Gasteiger partial charge in [0, 0.05) is 11.1 Å². The summed E-state index contributed by atoms with van der Waals surface area (Å²) in [7, 11) is 0. The molecule has 0 unspecified atom stereocenters. The molecule has 0 aliphatic heterocycles. The van der Waals surface area contributed by atoms with Crippen LogP contribution in [0.15, 0.2) is 53.0 Å². The van der Waals surface area contributed by atoms with Crippen LogP contribution < -0.4 is 9.47 Å². The smallest absolute Gasteiger partial charge is 0.119 e. The molecule has 27 heavy (non-hydrogen) atoms. The van der Waals surface area contributed by atoms with Crippen molar-refractivity contribution in [2.75, 3.05) is 46.2 Å². The lowest BCUT2D eigenvalue weighted by atomic mass is 10.1. The summed E-state index contributed by atoms with van der Waals surface area (Å²) in [5, 5.41) is 8.83. The Morgan fingerprint density at radius 1 is 0.667 bits per heavy atom. The molecule has 148 valence electrons. The molecule has 0 aromatic heterocycles. The first-order chi connectivity index (χ1) is 13.3. The third-order valence-corrected chi connectivity index (χ3v) is 4.25. The van der Waals surface area contributed by atoms with Gasteiger partial charge in [0.05, 0.1) is 26.4 Å². The molecule has 2 rings (SSSR count). The molecule has 1 N–H and O–H groups in total. The molecule has 0 radical (unpaired) electrons. The largest absolute Gasteiger partial charge is 0.491 e. The Bertz CT molecular complexity index is 615. The zero-order chi connectivity index (χ0) is 19.2. The van der Waals surface area contributed by atoms with E-state index in [0.29, 0.717) is 39.6 Å². The van der Waals surface area contributed by atoms with E-state index in [1.165, 1.54) is 5.56 Å². The summed E-state index contributed by atoms with van der Waals surface area (Å²) in [5.41, 5.74) is 1.20. The van der Waals surface area contributed by atoms with Gasteiger partial charge in [-0.05, 0) is 54.8 Å². The molecule has 0 heterocycles. The highest BCUT2D eigenvalue weighted by Crippen LogP contribution is 2.16. The van der Waals surface area contributed by atoms with Crippen molar-refractivity contribution in [3.63, 3.8) is 0 Å². The van der Waals surface area contributed by atoms with Crippen molar-refractivity contribution < 1.29 is 24.1 Å². The Hall–Kier alpha value is -1.60. The van der Waals surface area contributed by atoms with Crippen LogP contribution in [-0.2, 0) is 15.9 Å². The van der Waals surface area contributed by atoms with E-state index in [4.69, 9.17) is 24.1 Å². The van der Waals surface area contributed by atoms with Gasteiger partial charge in [-0.3, -0.25) is 0 Å². The molecular weight excluding hydrogens is 412 g/mol. The third kappa shape index (κ3) is 9.77. The average molecular weight is 439 g/mol. The fraction of sp³-hybridized carbons (Fsp3) is 0.429. The van der Waals surface area contributed by atoms with Crippen LogP contribution >= 0.6 is 15.9 Å². The molecule has 0 bridgehead atoms. The lowest BCUT2D eigenvalue weighted by Crippen LogP contribution is -2.13. The number of hydrogen-bond acceptors (Lipinski definition) is 5. The van der Waals surface area contributed by atoms with Gasteiger partial charge in [-0.1, -0.05) is 28.1 Å². The summed E-state index contributed by atoms with van der Waals surface area (Å²) in [5.74, 6) is 1.66. The van der Waals surface area contributed by atoms with Gasteiger partial charge in [-0.25, -0.2) is 0 Å². The Kier molecular flexibility index (Phi) is 10.9. The number of aliphatic hydroxyl groups is 1. The zero-order valence-electron chi connectivity index (χ0n) is 15.4. The van der Waals surface area contributed by atoms with E-state index in [-0.39, 0.29) is 6.61 Å². The zero-order valence-corrected chi connectivity index (χ0v) is 17.0. The maximum atomic E-state index is 8.83. The SMILES string of the molecule is OCCCc1ccc(OCCOCCOCCOc2ccc(Br)cc2)cc1. The molecule has 5 nitrogen and oxygen atoms in total. The molecule has 0 spiro atoms. The second-order valence-corrected chi connectivity index (χ2v) is 6.76. The van der Waals surface area contributed by atoms with Crippen LogP contribution in [0.5, 0.6) is 11.5 Å². The Morgan fingerprint density at radius 2 is 1.15 bits per heavy atom. The van der Waals surface area contributed by atoms with Gasteiger partial charge < -0.3 is 24.1 Å². The van der Waals surface area contributed by atoms with Gasteiger partial charge in [0.25, 0.3) is 0 Å². The van der Waals surface area contributed by atoms with Crippen LogP contribution in [0.4, 0.5) is 0 Å². The molecule has 2 aromatic rings. The normalized spacial score (nSPS) is 10.7. The predicted molar refractivity (Wildman–Crippen MR) is 109 cm³/mol. The van der Waals surface area contributed by atoms with E-state index in [9.17, 15) is 0 Å². The summed E-state index contributed by atoms with van der Waals surface area (Å²) in [4.78, 5) is 0. The molecule has 0 fully saturated rings. The van der Waals surface area contributed by atoms with Crippen molar-refractivity contribution >= 4 is 15.9 Å². The van der Waals surface area contributed by atoms with Gasteiger partial charge in [0.2, 0.25) is 0 Å². The minimum Gasteiger partial charge on any atom is -0.491 e. The number of halogens is 1. The predicted octanol–water partition coefficient (Wildman–Crippen LogP) is 3.87. The molecule has 0 amide bonds. The number of ether oxygens (including phenoxy) is 4. The summed E-state index contributed by atoms with van der Waals surface area (Å²) >= 11 is 3.39. The highest BCUT2D eigenvalue weighted by atomic mass is 79.9. The summed E-state index contributed by atoms with van der Waals surface area (Å²) < 4.78 is 23.2. The molecule has 0 saturated carbocycles. The number of hydrogen-bond donors (Lipinski definition) is 1. The van der Waals surface area contributed by atoms with Gasteiger partial charge >= 0.3 is 0 Å². The minimum absolute atomic E-state index is 0.220. The maximum Gasteiger partial charge on any atom is 0.119 e. The number of aliphatic hydroxyl groups excluding tert-OH is 1. The molecule has 0 aliphatic carbocycles.